The lowest BCUT2D eigenvalue weighted by atomic mass is 10.1. The number of ether oxygens (including phenoxy) is 1. The monoisotopic (exact) mass is 272 g/mol. The minimum absolute atomic E-state index is 0.311. The minimum atomic E-state index is 0.311. The molecule has 106 valence electrons. The number of phenols is 1. The smallest absolute Gasteiger partial charge is 0.128 e. The number of methoxy groups -OCH3 is 1. The van der Waals surface area contributed by atoms with Crippen LogP contribution in [-0.2, 0) is 13.1 Å². The van der Waals surface area contributed by atoms with E-state index in [0.717, 1.165) is 28.1 Å². The Morgan fingerprint density at radius 3 is 2.65 bits per heavy atom. The molecule has 4 nitrogen and oxygen atoms in total. The number of para-hydroxylation sites is 1. The molecule has 1 heterocycles. The molecule has 0 atom stereocenters. The van der Waals surface area contributed by atoms with Crippen molar-refractivity contribution in [3.8, 4) is 11.5 Å². The van der Waals surface area contributed by atoms with Crippen molar-refractivity contribution in [2.75, 3.05) is 7.11 Å². The number of aromatic nitrogens is 1. The summed E-state index contributed by atoms with van der Waals surface area (Å²) in [5.41, 5.74) is 3.93. The number of benzene rings is 1. The quantitative estimate of drug-likeness (QED) is 0.878. The van der Waals surface area contributed by atoms with Gasteiger partial charge >= 0.3 is 0 Å². The fraction of sp³-hybridized carbons (Fsp3) is 0.312. The van der Waals surface area contributed by atoms with Crippen LogP contribution in [0.5, 0.6) is 11.5 Å². The average molecular weight is 272 g/mol. The van der Waals surface area contributed by atoms with Gasteiger partial charge in [0.05, 0.1) is 12.8 Å². The molecule has 0 spiro atoms. The summed E-state index contributed by atoms with van der Waals surface area (Å²) in [6.45, 7) is 5.23. The summed E-state index contributed by atoms with van der Waals surface area (Å²) < 4.78 is 5.39. The Labute approximate surface area is 119 Å². The molecule has 2 N–H and O–H groups in total. The highest BCUT2D eigenvalue weighted by atomic mass is 16.5. The second-order valence-electron chi connectivity index (χ2n) is 4.78. The molecule has 0 saturated heterocycles. The van der Waals surface area contributed by atoms with E-state index in [0.29, 0.717) is 18.8 Å². The van der Waals surface area contributed by atoms with Gasteiger partial charge in [0.1, 0.15) is 11.5 Å². The Hall–Kier alpha value is -2.07. The van der Waals surface area contributed by atoms with Crippen LogP contribution in [0.15, 0.2) is 30.5 Å². The van der Waals surface area contributed by atoms with Gasteiger partial charge in [-0.3, -0.25) is 4.98 Å². The summed E-state index contributed by atoms with van der Waals surface area (Å²) in [5, 5.41) is 13.0. The Morgan fingerprint density at radius 2 is 1.95 bits per heavy atom. The second-order valence-corrected chi connectivity index (χ2v) is 4.78. The normalized spacial score (nSPS) is 10.6. The zero-order valence-corrected chi connectivity index (χ0v) is 12.1. The molecule has 0 aliphatic carbocycles. The molecule has 4 heteroatoms. The summed E-state index contributed by atoms with van der Waals surface area (Å²) in [7, 11) is 1.68. The molecule has 0 amide bonds. The second kappa shape index (κ2) is 6.39. The average Bonchev–Trinajstić information content (AvgIpc) is 2.44. The summed E-state index contributed by atoms with van der Waals surface area (Å²) >= 11 is 0. The van der Waals surface area contributed by atoms with Crippen molar-refractivity contribution in [3.05, 3.63) is 52.8 Å². The van der Waals surface area contributed by atoms with Gasteiger partial charge in [0.25, 0.3) is 0 Å². The van der Waals surface area contributed by atoms with Gasteiger partial charge in [0.15, 0.2) is 0 Å². The van der Waals surface area contributed by atoms with Crippen LogP contribution in [0.25, 0.3) is 0 Å². The molecule has 0 radical (unpaired) electrons. The van der Waals surface area contributed by atoms with Gasteiger partial charge < -0.3 is 15.2 Å². The zero-order chi connectivity index (χ0) is 14.5. The first-order valence-electron chi connectivity index (χ1n) is 6.60. The molecular weight excluding hydrogens is 252 g/mol. The number of nitrogens with zero attached hydrogens (tertiary/aromatic N) is 1. The van der Waals surface area contributed by atoms with E-state index in [1.165, 1.54) is 0 Å². The maximum atomic E-state index is 9.71. The topological polar surface area (TPSA) is 54.4 Å². The number of aromatic hydroxyl groups is 1. The Balaban J connectivity index is 2.03. The molecule has 1 aromatic heterocycles. The number of phenolic OH excluding ortho intramolecular Hbond substituents is 1. The van der Waals surface area contributed by atoms with Gasteiger partial charge in [0.2, 0.25) is 0 Å². The summed E-state index contributed by atoms with van der Waals surface area (Å²) in [5.74, 6) is 1.20. The van der Waals surface area contributed by atoms with Crippen molar-refractivity contribution in [1.29, 1.82) is 0 Å². The van der Waals surface area contributed by atoms with E-state index in [9.17, 15) is 5.11 Å². The first kappa shape index (κ1) is 14.3. The predicted octanol–water partition coefficient (Wildman–Crippen LogP) is 2.70. The fourth-order valence-corrected chi connectivity index (χ4v) is 2.23. The highest BCUT2D eigenvalue weighted by molar-refractivity contribution is 5.41. The molecule has 0 bridgehead atoms. The highest BCUT2D eigenvalue weighted by Gasteiger charge is 2.09. The number of aryl methyl sites for hydroxylation is 1. The summed E-state index contributed by atoms with van der Waals surface area (Å²) in [6.07, 6.45) is 1.82. The van der Waals surface area contributed by atoms with E-state index >= 15 is 0 Å². The largest absolute Gasteiger partial charge is 0.508 e. The molecule has 2 aromatic rings. The van der Waals surface area contributed by atoms with Gasteiger partial charge in [-0.1, -0.05) is 18.2 Å². The lowest BCUT2D eigenvalue weighted by Crippen LogP contribution is -2.15. The Bertz CT molecular complexity index is 597. The van der Waals surface area contributed by atoms with E-state index in [1.807, 2.05) is 38.2 Å². The van der Waals surface area contributed by atoms with E-state index in [2.05, 4.69) is 10.3 Å². The molecule has 0 fully saturated rings. The lowest BCUT2D eigenvalue weighted by molar-refractivity contribution is 0.406. The Kier molecular flexibility index (Phi) is 4.58. The van der Waals surface area contributed by atoms with Crippen molar-refractivity contribution in [3.63, 3.8) is 0 Å². The third-order valence-corrected chi connectivity index (χ3v) is 3.35. The van der Waals surface area contributed by atoms with E-state index in [4.69, 9.17) is 4.74 Å². The van der Waals surface area contributed by atoms with Crippen LogP contribution in [0.1, 0.15) is 22.4 Å². The van der Waals surface area contributed by atoms with Crippen molar-refractivity contribution in [2.24, 2.45) is 0 Å². The van der Waals surface area contributed by atoms with Crippen LogP contribution in [0.3, 0.4) is 0 Å². The van der Waals surface area contributed by atoms with Gasteiger partial charge in [0, 0.05) is 36.0 Å². The van der Waals surface area contributed by atoms with E-state index < -0.39 is 0 Å². The third kappa shape index (κ3) is 3.08. The van der Waals surface area contributed by atoms with E-state index in [-0.39, 0.29) is 0 Å². The SMILES string of the molecule is COc1c(C)cnc(CNCc2ccccc2O)c1C. The molecular formula is C16H20N2O2. The van der Waals surface area contributed by atoms with Gasteiger partial charge in [-0.15, -0.1) is 0 Å². The number of nitrogens with one attached hydrogen (secondary N) is 1. The van der Waals surface area contributed by atoms with Gasteiger partial charge in [-0.2, -0.15) is 0 Å². The van der Waals surface area contributed by atoms with Crippen LogP contribution in [0.2, 0.25) is 0 Å². The summed E-state index contributed by atoms with van der Waals surface area (Å²) in [6, 6.07) is 7.32. The van der Waals surface area contributed by atoms with Crippen LogP contribution in [0.4, 0.5) is 0 Å². The van der Waals surface area contributed by atoms with Crippen molar-refractivity contribution in [2.45, 2.75) is 26.9 Å². The molecule has 1 aromatic carbocycles. The van der Waals surface area contributed by atoms with Crippen molar-refractivity contribution >= 4 is 0 Å². The van der Waals surface area contributed by atoms with Crippen molar-refractivity contribution < 1.29 is 9.84 Å². The van der Waals surface area contributed by atoms with E-state index in [1.54, 1.807) is 13.2 Å². The van der Waals surface area contributed by atoms with Crippen LogP contribution < -0.4 is 10.1 Å². The molecule has 20 heavy (non-hydrogen) atoms. The zero-order valence-electron chi connectivity index (χ0n) is 12.1. The number of rotatable bonds is 5. The third-order valence-electron chi connectivity index (χ3n) is 3.35. The Morgan fingerprint density at radius 1 is 1.20 bits per heavy atom. The van der Waals surface area contributed by atoms with Gasteiger partial charge in [-0.25, -0.2) is 0 Å². The van der Waals surface area contributed by atoms with Crippen LogP contribution >= 0.6 is 0 Å². The van der Waals surface area contributed by atoms with Crippen molar-refractivity contribution in [1.82, 2.24) is 10.3 Å². The first-order valence-corrected chi connectivity index (χ1v) is 6.60. The fourth-order valence-electron chi connectivity index (χ4n) is 2.23. The number of hydrogen-bond acceptors (Lipinski definition) is 4. The molecule has 0 aliphatic rings. The number of pyridine rings is 1. The van der Waals surface area contributed by atoms with Crippen LogP contribution in [-0.4, -0.2) is 17.2 Å². The summed E-state index contributed by atoms with van der Waals surface area (Å²) in [4.78, 5) is 4.44. The maximum absolute atomic E-state index is 9.71. The molecule has 0 saturated carbocycles. The minimum Gasteiger partial charge on any atom is -0.508 e. The molecule has 2 rings (SSSR count). The maximum Gasteiger partial charge on any atom is 0.128 e. The standard InChI is InChI=1S/C16H20N2O2/c1-11-8-18-14(12(2)16(11)20-3)10-17-9-13-6-4-5-7-15(13)19/h4-8,17,19H,9-10H2,1-3H3. The number of hydrogen-bond donors (Lipinski definition) is 2. The highest BCUT2D eigenvalue weighted by Crippen LogP contribution is 2.24. The molecule has 0 unspecified atom stereocenters. The first-order chi connectivity index (χ1) is 9.63. The van der Waals surface area contributed by atoms with Crippen LogP contribution in [0, 0.1) is 13.8 Å². The van der Waals surface area contributed by atoms with Gasteiger partial charge in [-0.05, 0) is 19.9 Å². The molecule has 0 aliphatic heterocycles. The predicted molar refractivity (Wildman–Crippen MR) is 78.9 cm³/mol. The lowest BCUT2D eigenvalue weighted by Gasteiger charge is -2.13.